The van der Waals surface area contributed by atoms with E-state index in [9.17, 15) is 23.1 Å². The Morgan fingerprint density at radius 2 is 1.68 bits per heavy atom. The average molecular weight is 385 g/mol. The van der Waals surface area contributed by atoms with Crippen molar-refractivity contribution in [3.8, 4) is 11.1 Å². The van der Waals surface area contributed by atoms with Gasteiger partial charge in [0, 0.05) is 11.3 Å². The minimum atomic E-state index is -4.41. The summed E-state index contributed by atoms with van der Waals surface area (Å²) in [5.74, 6) is -0.365. The van der Waals surface area contributed by atoms with Crippen LogP contribution in [-0.4, -0.2) is 11.0 Å². The molecule has 0 atom stereocenters. The zero-order chi connectivity index (χ0) is 20.3. The lowest BCUT2D eigenvalue weighted by Gasteiger charge is -2.13. The van der Waals surface area contributed by atoms with Crippen LogP contribution in [0.4, 0.5) is 18.9 Å². The lowest BCUT2D eigenvalue weighted by molar-refractivity contribution is -0.137. The van der Waals surface area contributed by atoms with Crippen molar-refractivity contribution in [2.75, 3.05) is 5.32 Å². The van der Waals surface area contributed by atoms with Gasteiger partial charge < -0.3 is 10.4 Å². The van der Waals surface area contributed by atoms with Gasteiger partial charge in [0.2, 0.25) is 0 Å². The minimum absolute atomic E-state index is 0.0914. The van der Waals surface area contributed by atoms with Gasteiger partial charge in [0.05, 0.1) is 12.2 Å². The molecule has 28 heavy (non-hydrogen) atoms. The summed E-state index contributed by atoms with van der Waals surface area (Å²) < 4.78 is 38.4. The third kappa shape index (κ3) is 4.23. The van der Waals surface area contributed by atoms with Gasteiger partial charge >= 0.3 is 6.18 Å². The summed E-state index contributed by atoms with van der Waals surface area (Å²) in [5.41, 5.74) is 2.81. The Bertz CT molecular complexity index is 995. The van der Waals surface area contributed by atoms with Crippen LogP contribution in [-0.2, 0) is 12.8 Å². The Hall–Kier alpha value is -3.12. The number of hydrogen-bond acceptors (Lipinski definition) is 2. The van der Waals surface area contributed by atoms with Crippen LogP contribution < -0.4 is 5.32 Å². The van der Waals surface area contributed by atoms with Gasteiger partial charge in [0.15, 0.2) is 0 Å². The zero-order valence-electron chi connectivity index (χ0n) is 15.0. The zero-order valence-corrected chi connectivity index (χ0v) is 15.0. The van der Waals surface area contributed by atoms with Gasteiger partial charge in [-0.2, -0.15) is 13.2 Å². The highest BCUT2D eigenvalue weighted by molar-refractivity contribution is 6.09. The van der Waals surface area contributed by atoms with Crippen LogP contribution in [0.15, 0.2) is 66.7 Å². The van der Waals surface area contributed by atoms with E-state index >= 15 is 0 Å². The highest BCUT2D eigenvalue weighted by Crippen LogP contribution is 2.32. The van der Waals surface area contributed by atoms with Gasteiger partial charge in [-0.3, -0.25) is 4.79 Å². The van der Waals surface area contributed by atoms with Crippen LogP contribution in [0.3, 0.4) is 0 Å². The molecule has 0 fully saturated rings. The summed E-state index contributed by atoms with van der Waals surface area (Å²) >= 11 is 0. The number of rotatable bonds is 4. The second-order valence-corrected chi connectivity index (χ2v) is 6.38. The molecule has 0 saturated carbocycles. The van der Waals surface area contributed by atoms with Crippen LogP contribution in [0, 0.1) is 6.92 Å². The molecule has 0 spiro atoms. The largest absolute Gasteiger partial charge is 0.416 e. The first-order valence-electron chi connectivity index (χ1n) is 8.58. The average Bonchev–Trinajstić information content (AvgIpc) is 2.69. The highest BCUT2D eigenvalue weighted by Gasteiger charge is 2.30. The molecule has 0 aromatic heterocycles. The van der Waals surface area contributed by atoms with Crippen LogP contribution in [0.1, 0.15) is 27.0 Å². The summed E-state index contributed by atoms with van der Waals surface area (Å²) in [6.07, 6.45) is -4.41. The molecule has 6 heteroatoms. The van der Waals surface area contributed by atoms with Crippen molar-refractivity contribution >= 4 is 11.6 Å². The van der Waals surface area contributed by atoms with Crippen molar-refractivity contribution in [3.05, 3.63) is 89.0 Å². The Morgan fingerprint density at radius 3 is 2.29 bits per heavy atom. The van der Waals surface area contributed by atoms with Crippen LogP contribution in [0.25, 0.3) is 11.1 Å². The number of benzene rings is 3. The van der Waals surface area contributed by atoms with Crippen molar-refractivity contribution in [2.24, 2.45) is 0 Å². The number of alkyl halides is 3. The molecule has 0 bridgehead atoms. The van der Waals surface area contributed by atoms with Crippen LogP contribution in [0.2, 0.25) is 0 Å². The third-order valence-corrected chi connectivity index (χ3v) is 4.42. The van der Waals surface area contributed by atoms with E-state index < -0.39 is 11.7 Å². The smallest absolute Gasteiger partial charge is 0.392 e. The minimum Gasteiger partial charge on any atom is -0.392 e. The standard InChI is InChI=1S/C22H18F3NO2/c1-14-12-15(13-27)6-11-20(14)26-21(28)19-5-3-2-4-18(19)16-7-9-17(10-8-16)22(23,24)25/h2-12,27H,13H2,1H3,(H,26,28). The van der Waals surface area contributed by atoms with E-state index in [0.717, 1.165) is 23.3 Å². The molecular formula is C22H18F3NO2. The number of nitrogens with one attached hydrogen (secondary N) is 1. The maximum Gasteiger partial charge on any atom is 0.416 e. The molecule has 0 heterocycles. The molecule has 3 aromatic rings. The maximum absolute atomic E-state index is 12.8. The van der Waals surface area contributed by atoms with E-state index in [1.165, 1.54) is 12.1 Å². The van der Waals surface area contributed by atoms with Gasteiger partial charge in [-0.15, -0.1) is 0 Å². The second kappa shape index (κ2) is 7.86. The number of aliphatic hydroxyl groups is 1. The quantitative estimate of drug-likeness (QED) is 0.630. The third-order valence-electron chi connectivity index (χ3n) is 4.42. The first-order valence-corrected chi connectivity index (χ1v) is 8.58. The molecule has 0 saturated heterocycles. The van der Waals surface area contributed by atoms with E-state index in [-0.39, 0.29) is 12.5 Å². The molecule has 2 N–H and O–H groups in total. The molecule has 1 amide bonds. The summed E-state index contributed by atoms with van der Waals surface area (Å²) in [7, 11) is 0. The van der Waals surface area contributed by atoms with Crippen molar-refractivity contribution in [3.63, 3.8) is 0 Å². The Balaban J connectivity index is 1.91. The first-order chi connectivity index (χ1) is 13.3. The summed E-state index contributed by atoms with van der Waals surface area (Å²) in [5, 5.41) is 12.0. The number of halogens is 3. The van der Waals surface area contributed by atoms with Crippen molar-refractivity contribution in [1.29, 1.82) is 0 Å². The van der Waals surface area contributed by atoms with E-state index in [1.807, 2.05) is 6.92 Å². The molecule has 144 valence electrons. The number of aryl methyl sites for hydroxylation is 1. The predicted octanol–water partition coefficient (Wildman–Crippen LogP) is 5.43. The molecule has 0 aliphatic carbocycles. The van der Waals surface area contributed by atoms with Gasteiger partial charge in [-0.1, -0.05) is 42.5 Å². The normalized spacial score (nSPS) is 11.3. The first kappa shape index (κ1) is 19.6. The number of anilines is 1. The van der Waals surface area contributed by atoms with E-state index in [1.54, 1.807) is 42.5 Å². The van der Waals surface area contributed by atoms with Crippen molar-refractivity contribution < 1.29 is 23.1 Å². The molecule has 0 aliphatic rings. The number of carbonyl (C=O) groups excluding carboxylic acids is 1. The van der Waals surface area contributed by atoms with E-state index in [4.69, 9.17) is 0 Å². The van der Waals surface area contributed by atoms with E-state index in [2.05, 4.69) is 5.32 Å². The van der Waals surface area contributed by atoms with E-state index in [0.29, 0.717) is 22.4 Å². The number of hydrogen-bond donors (Lipinski definition) is 2. The molecule has 3 aromatic carbocycles. The molecule has 3 rings (SSSR count). The number of aliphatic hydroxyl groups excluding tert-OH is 1. The predicted molar refractivity (Wildman–Crippen MR) is 102 cm³/mol. The summed E-state index contributed by atoms with van der Waals surface area (Å²) in [6.45, 7) is 1.72. The van der Waals surface area contributed by atoms with Gasteiger partial charge in [-0.25, -0.2) is 0 Å². The van der Waals surface area contributed by atoms with Crippen molar-refractivity contribution in [1.82, 2.24) is 0 Å². The number of carbonyl (C=O) groups is 1. The topological polar surface area (TPSA) is 49.3 Å². The fourth-order valence-corrected chi connectivity index (χ4v) is 2.93. The van der Waals surface area contributed by atoms with Gasteiger partial charge in [0.1, 0.15) is 0 Å². The van der Waals surface area contributed by atoms with Crippen molar-refractivity contribution in [2.45, 2.75) is 19.7 Å². The Morgan fingerprint density at radius 1 is 1.00 bits per heavy atom. The Labute approximate surface area is 160 Å². The van der Waals surface area contributed by atoms with Gasteiger partial charge in [0.25, 0.3) is 5.91 Å². The fourth-order valence-electron chi connectivity index (χ4n) is 2.93. The summed E-state index contributed by atoms with van der Waals surface area (Å²) in [6, 6.07) is 16.7. The monoisotopic (exact) mass is 385 g/mol. The molecule has 0 unspecified atom stereocenters. The van der Waals surface area contributed by atoms with Crippen LogP contribution >= 0.6 is 0 Å². The fraction of sp³-hybridized carbons (Fsp3) is 0.136. The lowest BCUT2D eigenvalue weighted by Crippen LogP contribution is -2.14. The Kier molecular flexibility index (Phi) is 5.51. The number of amides is 1. The molecule has 0 aliphatic heterocycles. The summed E-state index contributed by atoms with van der Waals surface area (Å²) in [4.78, 5) is 12.8. The maximum atomic E-state index is 12.8. The highest BCUT2D eigenvalue weighted by atomic mass is 19.4. The van der Waals surface area contributed by atoms with Crippen LogP contribution in [0.5, 0.6) is 0 Å². The second-order valence-electron chi connectivity index (χ2n) is 6.38. The van der Waals surface area contributed by atoms with Gasteiger partial charge in [-0.05, 0) is 53.4 Å². The SMILES string of the molecule is Cc1cc(CO)ccc1NC(=O)c1ccccc1-c1ccc(C(F)(F)F)cc1. The molecule has 3 nitrogen and oxygen atoms in total. The molecular weight excluding hydrogens is 367 g/mol. The molecule has 0 radical (unpaired) electrons. The lowest BCUT2D eigenvalue weighted by atomic mass is 9.98.